The number of anilines is 1. The molecule has 0 aliphatic carbocycles. The summed E-state index contributed by atoms with van der Waals surface area (Å²) in [5.41, 5.74) is 0.496. The Morgan fingerprint density at radius 2 is 2.18 bits per heavy atom. The molecule has 1 heterocycles. The maximum absolute atomic E-state index is 12.3. The molecule has 7 heteroatoms. The number of rotatable bonds is 5. The third-order valence-electron chi connectivity index (χ3n) is 2.87. The van der Waals surface area contributed by atoms with E-state index in [4.69, 9.17) is 16.3 Å². The number of amides is 1. The van der Waals surface area contributed by atoms with Crippen LogP contribution in [-0.4, -0.2) is 18.3 Å². The molecule has 22 heavy (non-hydrogen) atoms. The molecular formula is C15H15ClN2O3S. The van der Waals surface area contributed by atoms with Crippen molar-refractivity contribution in [3.05, 3.63) is 52.8 Å². The smallest absolute Gasteiger partial charge is 0.252 e. The summed E-state index contributed by atoms with van der Waals surface area (Å²) >= 11 is 7.11. The van der Waals surface area contributed by atoms with E-state index in [1.807, 2.05) is 0 Å². The van der Waals surface area contributed by atoms with Crippen LogP contribution in [0.15, 0.2) is 47.6 Å². The Hall–Kier alpha value is -1.92. The topological polar surface area (TPSA) is 65.3 Å². The predicted molar refractivity (Wildman–Crippen MR) is 87.4 cm³/mol. The van der Waals surface area contributed by atoms with Crippen LogP contribution in [0.25, 0.3) is 0 Å². The summed E-state index contributed by atoms with van der Waals surface area (Å²) < 4.78 is 5.91. The zero-order chi connectivity index (χ0) is 16.1. The molecule has 0 aliphatic rings. The summed E-state index contributed by atoms with van der Waals surface area (Å²) in [5, 5.41) is 14.9. The summed E-state index contributed by atoms with van der Waals surface area (Å²) in [5.74, 6) is 0.281. The van der Waals surface area contributed by atoms with Crippen molar-refractivity contribution < 1.29 is 14.3 Å². The SMILES string of the molecule is COc1ccc(Cl)cc1NC(=O)[C@@H](C)Sc1cccc[n+]1[O-]. The normalized spacial score (nSPS) is 11.8. The fraction of sp³-hybridized carbons (Fsp3) is 0.200. The summed E-state index contributed by atoms with van der Waals surface area (Å²) in [6.45, 7) is 1.73. The van der Waals surface area contributed by atoms with Gasteiger partial charge in [0.1, 0.15) is 5.75 Å². The van der Waals surface area contributed by atoms with Gasteiger partial charge < -0.3 is 15.3 Å². The highest BCUT2D eigenvalue weighted by Gasteiger charge is 2.20. The van der Waals surface area contributed by atoms with Gasteiger partial charge in [-0.25, -0.2) is 0 Å². The van der Waals surface area contributed by atoms with Crippen LogP contribution in [0, 0.1) is 5.21 Å². The first-order chi connectivity index (χ1) is 10.5. The number of methoxy groups -OCH3 is 1. The van der Waals surface area contributed by atoms with Crippen molar-refractivity contribution in [3.63, 3.8) is 0 Å². The number of ether oxygens (including phenoxy) is 1. The molecule has 0 saturated carbocycles. The van der Waals surface area contributed by atoms with Crippen molar-refractivity contribution >= 4 is 35.0 Å². The molecule has 0 radical (unpaired) electrons. The quantitative estimate of drug-likeness (QED) is 0.517. The Labute approximate surface area is 137 Å². The first kappa shape index (κ1) is 16.5. The van der Waals surface area contributed by atoms with Gasteiger partial charge >= 0.3 is 0 Å². The third kappa shape index (κ3) is 4.05. The molecule has 2 aromatic rings. The number of halogens is 1. The number of hydrogen-bond donors (Lipinski definition) is 1. The molecule has 1 atom stereocenters. The molecule has 1 amide bonds. The minimum absolute atomic E-state index is 0.241. The molecule has 2 rings (SSSR count). The number of carbonyl (C=O) groups excluding carboxylic acids is 1. The maximum atomic E-state index is 12.3. The highest BCUT2D eigenvalue weighted by molar-refractivity contribution is 8.00. The number of hydrogen-bond acceptors (Lipinski definition) is 4. The summed E-state index contributed by atoms with van der Waals surface area (Å²) in [4.78, 5) is 12.3. The maximum Gasteiger partial charge on any atom is 0.252 e. The molecule has 5 nitrogen and oxygen atoms in total. The van der Waals surface area contributed by atoms with Crippen molar-refractivity contribution in [2.45, 2.75) is 17.2 Å². The van der Waals surface area contributed by atoms with E-state index in [0.717, 1.165) is 4.73 Å². The van der Waals surface area contributed by atoms with Crippen LogP contribution in [-0.2, 0) is 4.79 Å². The Morgan fingerprint density at radius 3 is 2.86 bits per heavy atom. The molecule has 0 saturated heterocycles. The van der Waals surface area contributed by atoms with E-state index < -0.39 is 5.25 Å². The molecule has 1 aromatic heterocycles. The van der Waals surface area contributed by atoms with Gasteiger partial charge in [0.05, 0.1) is 18.0 Å². The van der Waals surface area contributed by atoms with Crippen LogP contribution in [0.2, 0.25) is 5.02 Å². The molecule has 0 spiro atoms. The fourth-order valence-corrected chi connectivity index (χ4v) is 2.77. The average Bonchev–Trinajstić information content (AvgIpc) is 2.49. The van der Waals surface area contributed by atoms with E-state index in [9.17, 15) is 10.0 Å². The molecular weight excluding hydrogens is 324 g/mol. The second kappa shape index (κ2) is 7.38. The van der Waals surface area contributed by atoms with Crippen LogP contribution in [0.3, 0.4) is 0 Å². The first-order valence-electron chi connectivity index (χ1n) is 6.50. The van der Waals surface area contributed by atoms with Crippen LogP contribution >= 0.6 is 23.4 Å². The van der Waals surface area contributed by atoms with Gasteiger partial charge in [-0.3, -0.25) is 4.79 Å². The van der Waals surface area contributed by atoms with Crippen molar-refractivity contribution in [1.29, 1.82) is 0 Å². The first-order valence-corrected chi connectivity index (χ1v) is 7.76. The van der Waals surface area contributed by atoms with Crippen LogP contribution in [0.4, 0.5) is 5.69 Å². The lowest BCUT2D eigenvalue weighted by atomic mass is 10.3. The standard InChI is InChI=1S/C15H15ClN2O3S/c1-10(22-14-5-3-4-8-18(14)20)15(19)17-12-9-11(16)6-7-13(12)21-2/h3-10H,1-2H3,(H,17,19)/t10-/m1/s1. The van der Waals surface area contributed by atoms with Gasteiger partial charge in [0, 0.05) is 17.2 Å². The average molecular weight is 339 g/mol. The molecule has 1 aromatic carbocycles. The van der Waals surface area contributed by atoms with Gasteiger partial charge in [0.25, 0.3) is 5.03 Å². The highest BCUT2D eigenvalue weighted by atomic mass is 35.5. The number of benzene rings is 1. The number of nitrogens with one attached hydrogen (secondary N) is 1. The van der Waals surface area contributed by atoms with E-state index in [2.05, 4.69) is 5.32 Å². The lowest BCUT2D eigenvalue weighted by Gasteiger charge is -2.14. The van der Waals surface area contributed by atoms with E-state index in [0.29, 0.717) is 21.5 Å². The predicted octanol–water partition coefficient (Wildman–Crippen LogP) is 3.10. The minimum Gasteiger partial charge on any atom is -0.618 e. The second-order valence-corrected chi connectivity index (χ2v) is 6.26. The molecule has 0 aliphatic heterocycles. The third-order valence-corrected chi connectivity index (χ3v) is 4.23. The fourth-order valence-electron chi connectivity index (χ4n) is 1.75. The number of carbonyl (C=O) groups is 1. The van der Waals surface area contributed by atoms with Gasteiger partial charge in [-0.2, -0.15) is 4.73 Å². The summed E-state index contributed by atoms with van der Waals surface area (Å²) in [6, 6.07) is 10.0. The molecule has 0 fully saturated rings. The molecule has 116 valence electrons. The largest absolute Gasteiger partial charge is 0.618 e. The lowest BCUT2D eigenvalue weighted by Crippen LogP contribution is -2.30. The zero-order valence-corrected chi connectivity index (χ0v) is 13.6. The Bertz CT molecular complexity index is 682. The van der Waals surface area contributed by atoms with Crippen LogP contribution < -0.4 is 14.8 Å². The number of pyridine rings is 1. The monoisotopic (exact) mass is 338 g/mol. The van der Waals surface area contributed by atoms with Gasteiger partial charge in [0.2, 0.25) is 5.91 Å². The van der Waals surface area contributed by atoms with Gasteiger partial charge in [0.15, 0.2) is 6.20 Å². The number of thioether (sulfide) groups is 1. The Morgan fingerprint density at radius 1 is 1.41 bits per heavy atom. The van der Waals surface area contributed by atoms with Crippen molar-refractivity contribution in [3.8, 4) is 5.75 Å². The second-order valence-electron chi connectivity index (χ2n) is 4.46. The summed E-state index contributed by atoms with van der Waals surface area (Å²) in [7, 11) is 1.52. The van der Waals surface area contributed by atoms with Crippen LogP contribution in [0.1, 0.15) is 6.92 Å². The Balaban J connectivity index is 2.09. The van der Waals surface area contributed by atoms with E-state index >= 15 is 0 Å². The van der Waals surface area contributed by atoms with Gasteiger partial charge in [-0.15, -0.1) is 0 Å². The van der Waals surface area contributed by atoms with Gasteiger partial charge in [-0.05, 0) is 43.0 Å². The molecule has 0 bridgehead atoms. The minimum atomic E-state index is -0.453. The molecule has 0 unspecified atom stereocenters. The van der Waals surface area contributed by atoms with E-state index in [1.54, 1.807) is 43.3 Å². The van der Waals surface area contributed by atoms with E-state index in [-0.39, 0.29) is 5.91 Å². The Kier molecular flexibility index (Phi) is 5.51. The zero-order valence-electron chi connectivity index (χ0n) is 12.1. The van der Waals surface area contributed by atoms with E-state index in [1.165, 1.54) is 25.1 Å². The molecule has 1 N–H and O–H groups in total. The lowest BCUT2D eigenvalue weighted by molar-refractivity contribution is -0.645. The van der Waals surface area contributed by atoms with Crippen molar-refractivity contribution in [2.75, 3.05) is 12.4 Å². The summed E-state index contributed by atoms with van der Waals surface area (Å²) in [6.07, 6.45) is 1.40. The number of nitrogens with zero attached hydrogens (tertiary/aromatic N) is 1. The van der Waals surface area contributed by atoms with Crippen LogP contribution in [0.5, 0.6) is 5.75 Å². The number of aromatic nitrogens is 1. The van der Waals surface area contributed by atoms with Gasteiger partial charge in [-0.1, -0.05) is 11.6 Å². The van der Waals surface area contributed by atoms with Crippen molar-refractivity contribution in [2.24, 2.45) is 0 Å². The highest BCUT2D eigenvalue weighted by Crippen LogP contribution is 2.29. The van der Waals surface area contributed by atoms with Crippen molar-refractivity contribution in [1.82, 2.24) is 0 Å².